The highest BCUT2D eigenvalue weighted by atomic mass is 15.2. The molecule has 17 heavy (non-hydrogen) atoms. The van der Waals surface area contributed by atoms with E-state index in [1.807, 2.05) is 0 Å². The Morgan fingerprint density at radius 3 is 2.65 bits per heavy atom. The number of hydrogen-bond donors (Lipinski definition) is 1. The van der Waals surface area contributed by atoms with Gasteiger partial charge in [0.1, 0.15) is 0 Å². The van der Waals surface area contributed by atoms with Crippen molar-refractivity contribution in [3.8, 4) is 0 Å². The van der Waals surface area contributed by atoms with E-state index in [2.05, 4.69) is 48.3 Å². The summed E-state index contributed by atoms with van der Waals surface area (Å²) in [5.74, 6) is 0. The van der Waals surface area contributed by atoms with Crippen LogP contribution in [0.25, 0.3) is 0 Å². The molecule has 0 aromatic heterocycles. The van der Waals surface area contributed by atoms with E-state index in [0.717, 1.165) is 19.6 Å². The van der Waals surface area contributed by atoms with Crippen molar-refractivity contribution in [2.45, 2.75) is 39.2 Å². The van der Waals surface area contributed by atoms with E-state index in [1.54, 1.807) is 0 Å². The van der Waals surface area contributed by atoms with Crippen LogP contribution < -0.4 is 10.2 Å². The monoisotopic (exact) mass is 232 g/mol. The van der Waals surface area contributed by atoms with Gasteiger partial charge in [-0.05, 0) is 30.5 Å². The number of nitrogens with zero attached hydrogens (tertiary/aromatic N) is 1. The Bertz CT molecular complexity index is 331. The maximum atomic E-state index is 3.56. The van der Waals surface area contributed by atoms with E-state index in [4.69, 9.17) is 0 Å². The highest BCUT2D eigenvalue weighted by molar-refractivity contribution is 5.48. The first-order valence-electron chi connectivity index (χ1n) is 6.90. The molecule has 1 saturated heterocycles. The SMILES string of the molecule is CCCc1ccc(N2CCNC(CC)C2)cc1. The van der Waals surface area contributed by atoms with Crippen molar-refractivity contribution in [3.63, 3.8) is 0 Å². The third-order valence-electron chi connectivity index (χ3n) is 3.59. The zero-order valence-electron chi connectivity index (χ0n) is 11.1. The minimum Gasteiger partial charge on any atom is -0.369 e. The second kappa shape index (κ2) is 6.06. The predicted molar refractivity (Wildman–Crippen MR) is 74.7 cm³/mol. The summed E-state index contributed by atoms with van der Waals surface area (Å²) in [6, 6.07) is 9.77. The number of benzene rings is 1. The molecular weight excluding hydrogens is 208 g/mol. The third kappa shape index (κ3) is 3.22. The van der Waals surface area contributed by atoms with Gasteiger partial charge in [-0.15, -0.1) is 0 Å². The van der Waals surface area contributed by atoms with Gasteiger partial charge >= 0.3 is 0 Å². The molecule has 0 aliphatic carbocycles. The second-order valence-corrected chi connectivity index (χ2v) is 4.92. The average molecular weight is 232 g/mol. The quantitative estimate of drug-likeness (QED) is 0.858. The zero-order valence-corrected chi connectivity index (χ0v) is 11.1. The maximum absolute atomic E-state index is 3.56. The number of rotatable bonds is 4. The summed E-state index contributed by atoms with van der Waals surface area (Å²) < 4.78 is 0. The van der Waals surface area contributed by atoms with Crippen LogP contribution in [-0.4, -0.2) is 25.7 Å². The molecule has 2 rings (SSSR count). The summed E-state index contributed by atoms with van der Waals surface area (Å²) in [6.07, 6.45) is 3.63. The van der Waals surface area contributed by atoms with Crippen molar-refractivity contribution in [2.24, 2.45) is 0 Å². The lowest BCUT2D eigenvalue weighted by atomic mass is 10.1. The molecular formula is C15H24N2. The standard InChI is InChI=1S/C15H24N2/c1-3-5-13-6-8-15(9-7-13)17-11-10-16-14(4-2)12-17/h6-9,14,16H,3-5,10-12H2,1-2H3. The van der Waals surface area contributed by atoms with Crippen molar-refractivity contribution in [1.82, 2.24) is 5.32 Å². The maximum Gasteiger partial charge on any atom is 0.0367 e. The van der Waals surface area contributed by atoms with Crippen LogP contribution in [0.1, 0.15) is 32.3 Å². The summed E-state index contributed by atoms with van der Waals surface area (Å²) >= 11 is 0. The minimum absolute atomic E-state index is 0.652. The first-order valence-corrected chi connectivity index (χ1v) is 6.90. The molecule has 94 valence electrons. The number of piperazine rings is 1. The van der Waals surface area contributed by atoms with Gasteiger partial charge in [-0.2, -0.15) is 0 Å². The van der Waals surface area contributed by atoms with Crippen molar-refractivity contribution in [3.05, 3.63) is 29.8 Å². The van der Waals surface area contributed by atoms with Crippen LogP contribution in [0.4, 0.5) is 5.69 Å². The molecule has 1 aromatic carbocycles. The fourth-order valence-electron chi connectivity index (χ4n) is 2.50. The lowest BCUT2D eigenvalue weighted by molar-refractivity contribution is 0.447. The van der Waals surface area contributed by atoms with Crippen LogP contribution in [0.2, 0.25) is 0 Å². The predicted octanol–water partition coefficient (Wildman–Crippen LogP) is 2.83. The van der Waals surface area contributed by atoms with Crippen LogP contribution in [0.15, 0.2) is 24.3 Å². The Kier molecular flexibility index (Phi) is 4.43. The largest absolute Gasteiger partial charge is 0.369 e. The van der Waals surface area contributed by atoms with Gasteiger partial charge in [-0.25, -0.2) is 0 Å². The summed E-state index contributed by atoms with van der Waals surface area (Å²) in [6.45, 7) is 7.87. The lowest BCUT2D eigenvalue weighted by Crippen LogP contribution is -2.50. The van der Waals surface area contributed by atoms with Crippen molar-refractivity contribution in [1.29, 1.82) is 0 Å². The van der Waals surface area contributed by atoms with Crippen LogP contribution in [-0.2, 0) is 6.42 Å². The molecule has 1 fully saturated rings. The molecule has 1 aliphatic rings. The highest BCUT2D eigenvalue weighted by Gasteiger charge is 2.17. The normalized spacial score (nSPS) is 20.6. The molecule has 2 nitrogen and oxygen atoms in total. The Morgan fingerprint density at radius 1 is 1.24 bits per heavy atom. The smallest absolute Gasteiger partial charge is 0.0367 e. The first kappa shape index (κ1) is 12.4. The summed E-state index contributed by atoms with van der Waals surface area (Å²) in [4.78, 5) is 2.50. The average Bonchev–Trinajstić information content (AvgIpc) is 2.40. The molecule has 0 bridgehead atoms. The van der Waals surface area contributed by atoms with Gasteiger partial charge in [0.05, 0.1) is 0 Å². The Balaban J connectivity index is 2.01. The van der Waals surface area contributed by atoms with Gasteiger partial charge in [-0.3, -0.25) is 0 Å². The lowest BCUT2D eigenvalue weighted by Gasteiger charge is -2.35. The van der Waals surface area contributed by atoms with E-state index in [1.165, 1.54) is 30.5 Å². The van der Waals surface area contributed by atoms with Crippen LogP contribution in [0.3, 0.4) is 0 Å². The summed E-state index contributed by atoms with van der Waals surface area (Å²) in [7, 11) is 0. The Hall–Kier alpha value is -1.02. The molecule has 2 heteroatoms. The Labute approximate surface area is 105 Å². The van der Waals surface area contributed by atoms with Gasteiger partial charge in [-0.1, -0.05) is 32.4 Å². The Morgan fingerprint density at radius 2 is 2.00 bits per heavy atom. The fourth-order valence-corrected chi connectivity index (χ4v) is 2.50. The molecule has 1 aromatic rings. The molecule has 1 unspecified atom stereocenters. The van der Waals surface area contributed by atoms with Crippen LogP contribution in [0, 0.1) is 0 Å². The van der Waals surface area contributed by atoms with E-state index in [9.17, 15) is 0 Å². The molecule has 0 radical (unpaired) electrons. The molecule has 1 N–H and O–H groups in total. The highest BCUT2D eigenvalue weighted by Crippen LogP contribution is 2.18. The van der Waals surface area contributed by atoms with E-state index < -0.39 is 0 Å². The van der Waals surface area contributed by atoms with E-state index in [0.29, 0.717) is 6.04 Å². The minimum atomic E-state index is 0.652. The second-order valence-electron chi connectivity index (χ2n) is 4.92. The van der Waals surface area contributed by atoms with Crippen molar-refractivity contribution >= 4 is 5.69 Å². The van der Waals surface area contributed by atoms with Gasteiger partial charge in [0, 0.05) is 31.4 Å². The van der Waals surface area contributed by atoms with E-state index in [-0.39, 0.29) is 0 Å². The topological polar surface area (TPSA) is 15.3 Å². The summed E-state index contributed by atoms with van der Waals surface area (Å²) in [5, 5.41) is 3.56. The fraction of sp³-hybridized carbons (Fsp3) is 0.600. The first-order chi connectivity index (χ1) is 8.33. The van der Waals surface area contributed by atoms with Crippen molar-refractivity contribution < 1.29 is 0 Å². The van der Waals surface area contributed by atoms with Crippen LogP contribution >= 0.6 is 0 Å². The van der Waals surface area contributed by atoms with Gasteiger partial charge in [0.25, 0.3) is 0 Å². The van der Waals surface area contributed by atoms with Gasteiger partial charge in [0.2, 0.25) is 0 Å². The van der Waals surface area contributed by atoms with E-state index >= 15 is 0 Å². The molecule has 0 spiro atoms. The molecule has 0 amide bonds. The molecule has 1 heterocycles. The number of aryl methyl sites for hydroxylation is 1. The van der Waals surface area contributed by atoms with Gasteiger partial charge < -0.3 is 10.2 Å². The van der Waals surface area contributed by atoms with Crippen LogP contribution in [0.5, 0.6) is 0 Å². The number of nitrogens with one attached hydrogen (secondary N) is 1. The molecule has 0 saturated carbocycles. The molecule has 1 atom stereocenters. The summed E-state index contributed by atoms with van der Waals surface area (Å²) in [5.41, 5.74) is 2.84. The van der Waals surface area contributed by atoms with Crippen molar-refractivity contribution in [2.75, 3.05) is 24.5 Å². The zero-order chi connectivity index (χ0) is 12.1. The third-order valence-corrected chi connectivity index (χ3v) is 3.59. The number of hydrogen-bond acceptors (Lipinski definition) is 2. The number of anilines is 1. The van der Waals surface area contributed by atoms with Gasteiger partial charge in [0.15, 0.2) is 0 Å². The molecule has 1 aliphatic heterocycles.